The van der Waals surface area contributed by atoms with E-state index in [1.165, 1.54) is 0 Å². The van der Waals surface area contributed by atoms with E-state index in [0.29, 0.717) is 30.6 Å². The van der Waals surface area contributed by atoms with Crippen molar-refractivity contribution in [3.8, 4) is 16.9 Å². The van der Waals surface area contributed by atoms with Gasteiger partial charge in [-0.3, -0.25) is 4.79 Å². The van der Waals surface area contributed by atoms with E-state index in [9.17, 15) is 4.79 Å². The normalized spacial score (nSPS) is 11.3. The maximum Gasteiger partial charge on any atom is 0.261 e. The van der Waals surface area contributed by atoms with Crippen molar-refractivity contribution in [2.24, 2.45) is 0 Å². The van der Waals surface area contributed by atoms with Gasteiger partial charge in [0.1, 0.15) is 5.75 Å². The number of fused-ring (bicyclic) bond motifs is 3. The number of para-hydroxylation sites is 1. The van der Waals surface area contributed by atoms with Gasteiger partial charge >= 0.3 is 0 Å². The molecule has 0 spiro atoms. The summed E-state index contributed by atoms with van der Waals surface area (Å²) in [6.45, 7) is 0.890. The van der Waals surface area contributed by atoms with Gasteiger partial charge in [-0.2, -0.15) is 5.10 Å². The molecule has 5 aromatic rings. The molecule has 0 N–H and O–H groups in total. The number of benzene rings is 2. The van der Waals surface area contributed by atoms with Crippen LogP contribution in [0.4, 0.5) is 0 Å². The van der Waals surface area contributed by atoms with E-state index < -0.39 is 0 Å². The quantitative estimate of drug-likeness (QED) is 0.381. The molecule has 0 bridgehead atoms. The number of hydrogen-bond acceptors (Lipinski definition) is 5. The number of aryl methyl sites for hydroxylation is 2. The van der Waals surface area contributed by atoms with Gasteiger partial charge in [0.05, 0.1) is 35.9 Å². The van der Waals surface area contributed by atoms with E-state index in [-0.39, 0.29) is 5.56 Å². The highest BCUT2D eigenvalue weighted by Gasteiger charge is 2.18. The molecule has 0 unspecified atom stereocenters. The van der Waals surface area contributed by atoms with E-state index in [2.05, 4.69) is 4.98 Å². The summed E-state index contributed by atoms with van der Waals surface area (Å²) in [7, 11) is 3.30. The number of ether oxygens (including phenoxy) is 2. The van der Waals surface area contributed by atoms with Crippen molar-refractivity contribution >= 4 is 16.6 Å². The third-order valence-corrected chi connectivity index (χ3v) is 5.82. The summed E-state index contributed by atoms with van der Waals surface area (Å²) >= 11 is 0. The van der Waals surface area contributed by atoms with Gasteiger partial charge in [-0.05, 0) is 29.7 Å². The molecule has 166 valence electrons. The number of methoxy groups -OCH3 is 2. The number of hydrogen-bond donors (Lipinski definition) is 0. The molecule has 33 heavy (non-hydrogen) atoms. The van der Waals surface area contributed by atoms with Crippen LogP contribution in [0.15, 0.2) is 77.9 Å². The second kappa shape index (κ2) is 8.88. The maximum atomic E-state index is 13.3. The highest BCUT2D eigenvalue weighted by molar-refractivity contribution is 5.86. The Morgan fingerprint density at radius 3 is 2.55 bits per heavy atom. The predicted octanol–water partition coefficient (Wildman–Crippen LogP) is 4.11. The summed E-state index contributed by atoms with van der Waals surface area (Å²) in [6.07, 6.45) is 4.15. The minimum absolute atomic E-state index is 0.0955. The van der Waals surface area contributed by atoms with E-state index in [1.54, 1.807) is 29.5 Å². The van der Waals surface area contributed by atoms with E-state index in [4.69, 9.17) is 14.6 Å². The number of rotatable bonds is 7. The van der Waals surface area contributed by atoms with E-state index in [1.807, 2.05) is 66.9 Å². The van der Waals surface area contributed by atoms with Crippen LogP contribution in [0.5, 0.6) is 5.75 Å². The van der Waals surface area contributed by atoms with Gasteiger partial charge in [0.2, 0.25) is 0 Å². The zero-order valence-electron chi connectivity index (χ0n) is 18.6. The Bertz CT molecular complexity index is 1490. The topological polar surface area (TPSA) is 70.7 Å². The standard InChI is InChI=1S/C26H24N4O3/c1-32-17-21-24(19-9-4-3-5-10-19)25-27-16-20-22(30(25)28-21)13-15-29(26(20)31)14-12-18-8-6-7-11-23(18)33-2/h3-11,13,15-16H,12,14,17H2,1-2H3. The third kappa shape index (κ3) is 3.76. The van der Waals surface area contributed by atoms with Crippen LogP contribution >= 0.6 is 0 Å². The minimum Gasteiger partial charge on any atom is -0.496 e. The largest absolute Gasteiger partial charge is 0.496 e. The summed E-state index contributed by atoms with van der Waals surface area (Å²) in [4.78, 5) is 17.9. The van der Waals surface area contributed by atoms with Gasteiger partial charge in [-0.15, -0.1) is 0 Å². The molecule has 0 aliphatic carbocycles. The number of pyridine rings is 1. The lowest BCUT2D eigenvalue weighted by atomic mass is 10.1. The zero-order valence-corrected chi connectivity index (χ0v) is 18.6. The predicted molar refractivity (Wildman–Crippen MR) is 128 cm³/mol. The van der Waals surface area contributed by atoms with Crippen molar-refractivity contribution < 1.29 is 9.47 Å². The molecule has 7 nitrogen and oxygen atoms in total. The molecular formula is C26H24N4O3. The number of nitrogens with zero attached hydrogens (tertiary/aromatic N) is 4. The first kappa shape index (κ1) is 20.9. The monoisotopic (exact) mass is 440 g/mol. The molecule has 0 saturated carbocycles. The zero-order chi connectivity index (χ0) is 22.8. The van der Waals surface area contributed by atoms with Gasteiger partial charge in [0, 0.05) is 26.0 Å². The summed E-state index contributed by atoms with van der Waals surface area (Å²) in [5, 5.41) is 5.28. The molecule has 0 amide bonds. The molecule has 5 rings (SSSR count). The Morgan fingerprint density at radius 1 is 0.970 bits per heavy atom. The average Bonchev–Trinajstić information content (AvgIpc) is 3.23. The molecular weight excluding hydrogens is 416 g/mol. The summed E-state index contributed by atoms with van der Waals surface area (Å²) in [6, 6.07) is 19.8. The van der Waals surface area contributed by atoms with Gasteiger partial charge < -0.3 is 14.0 Å². The molecule has 0 aliphatic heterocycles. The van der Waals surface area contributed by atoms with Crippen LogP contribution in [0.25, 0.3) is 27.7 Å². The molecule has 0 radical (unpaired) electrons. The lowest BCUT2D eigenvalue weighted by molar-refractivity contribution is 0.181. The molecule has 3 aromatic heterocycles. The molecule has 0 atom stereocenters. The second-order valence-corrected chi connectivity index (χ2v) is 7.79. The van der Waals surface area contributed by atoms with Crippen molar-refractivity contribution in [2.45, 2.75) is 19.6 Å². The fourth-order valence-corrected chi connectivity index (χ4v) is 4.22. The van der Waals surface area contributed by atoms with Crippen LogP contribution in [0.3, 0.4) is 0 Å². The first-order valence-corrected chi connectivity index (χ1v) is 10.8. The second-order valence-electron chi connectivity index (χ2n) is 7.79. The smallest absolute Gasteiger partial charge is 0.261 e. The summed E-state index contributed by atoms with van der Waals surface area (Å²) in [5.41, 5.74) is 5.09. The third-order valence-electron chi connectivity index (χ3n) is 5.82. The molecule has 0 fully saturated rings. The van der Waals surface area contributed by atoms with E-state index in [0.717, 1.165) is 33.7 Å². The van der Waals surface area contributed by atoms with Crippen LogP contribution in [0.1, 0.15) is 11.3 Å². The lowest BCUT2D eigenvalue weighted by Gasteiger charge is -2.10. The van der Waals surface area contributed by atoms with Gasteiger partial charge in [0.25, 0.3) is 5.56 Å². The van der Waals surface area contributed by atoms with Crippen molar-refractivity contribution in [1.29, 1.82) is 0 Å². The SMILES string of the molecule is COCc1nn2c(ncc3c(=O)n(CCc4ccccc4OC)ccc32)c1-c1ccccc1. The Hall–Kier alpha value is -3.97. The van der Waals surface area contributed by atoms with Gasteiger partial charge in [-0.25, -0.2) is 9.50 Å². The van der Waals surface area contributed by atoms with E-state index >= 15 is 0 Å². The van der Waals surface area contributed by atoms with Crippen LogP contribution in [0, 0.1) is 0 Å². The van der Waals surface area contributed by atoms with Crippen molar-refractivity contribution in [2.75, 3.05) is 14.2 Å². The van der Waals surface area contributed by atoms with Gasteiger partial charge in [-0.1, -0.05) is 48.5 Å². The lowest BCUT2D eigenvalue weighted by Crippen LogP contribution is -2.21. The first-order chi connectivity index (χ1) is 16.2. The van der Waals surface area contributed by atoms with Crippen molar-refractivity contribution in [1.82, 2.24) is 19.2 Å². The van der Waals surface area contributed by atoms with Crippen LogP contribution in [-0.4, -0.2) is 33.4 Å². The van der Waals surface area contributed by atoms with Crippen LogP contribution in [-0.2, 0) is 24.3 Å². The fourth-order valence-electron chi connectivity index (χ4n) is 4.22. The number of aromatic nitrogens is 4. The summed E-state index contributed by atoms with van der Waals surface area (Å²) < 4.78 is 14.3. The highest BCUT2D eigenvalue weighted by atomic mass is 16.5. The first-order valence-electron chi connectivity index (χ1n) is 10.8. The molecule has 0 saturated heterocycles. The molecule has 2 aromatic carbocycles. The minimum atomic E-state index is -0.0955. The van der Waals surface area contributed by atoms with Crippen molar-refractivity contribution in [3.63, 3.8) is 0 Å². The Labute approximate surface area is 190 Å². The van der Waals surface area contributed by atoms with Crippen LogP contribution in [0.2, 0.25) is 0 Å². The fraction of sp³-hybridized carbons (Fsp3) is 0.192. The van der Waals surface area contributed by atoms with Crippen molar-refractivity contribution in [3.05, 3.63) is 94.7 Å². The Kier molecular flexibility index (Phi) is 5.62. The Morgan fingerprint density at radius 2 is 1.76 bits per heavy atom. The Balaban J connectivity index is 1.59. The molecule has 0 aliphatic rings. The highest BCUT2D eigenvalue weighted by Crippen LogP contribution is 2.29. The average molecular weight is 441 g/mol. The maximum absolute atomic E-state index is 13.3. The van der Waals surface area contributed by atoms with Crippen LogP contribution < -0.4 is 10.3 Å². The summed E-state index contributed by atoms with van der Waals surface area (Å²) in [5.74, 6) is 0.824. The molecule has 3 heterocycles. The molecule has 7 heteroatoms. The van der Waals surface area contributed by atoms with Gasteiger partial charge in [0.15, 0.2) is 5.65 Å².